The molecule has 2 aromatic heterocycles. The highest BCUT2D eigenvalue weighted by atomic mass is 16.7. The van der Waals surface area contributed by atoms with Crippen molar-refractivity contribution in [3.63, 3.8) is 0 Å². The van der Waals surface area contributed by atoms with Gasteiger partial charge in [0.1, 0.15) is 24.0 Å². The Bertz CT molecular complexity index is 1490. The van der Waals surface area contributed by atoms with E-state index in [-0.39, 0.29) is 18.0 Å². The Morgan fingerprint density at radius 1 is 0.929 bits per heavy atom. The van der Waals surface area contributed by atoms with E-state index in [2.05, 4.69) is 87.6 Å². The summed E-state index contributed by atoms with van der Waals surface area (Å²) in [6.07, 6.45) is 5.42. The molecule has 0 saturated carbocycles. The Kier molecular flexibility index (Phi) is 8.84. The van der Waals surface area contributed by atoms with Crippen molar-refractivity contribution in [2.45, 2.75) is 58.7 Å². The number of hydroxylamine groups is 2. The number of aromatic amines is 2. The van der Waals surface area contributed by atoms with Crippen LogP contribution in [-0.2, 0) is 9.63 Å². The lowest BCUT2D eigenvalue weighted by Crippen LogP contribution is -2.42. The van der Waals surface area contributed by atoms with Crippen LogP contribution in [0.2, 0.25) is 0 Å². The molecule has 10 heteroatoms. The fraction of sp³-hybridized carbons (Fsp3) is 0.375. The van der Waals surface area contributed by atoms with Crippen LogP contribution in [0.1, 0.15) is 64.3 Å². The van der Waals surface area contributed by atoms with Gasteiger partial charge in [-0.2, -0.15) is 0 Å². The Hall–Kier alpha value is -4.28. The summed E-state index contributed by atoms with van der Waals surface area (Å²) in [7, 11) is 0. The molecule has 42 heavy (non-hydrogen) atoms. The van der Waals surface area contributed by atoms with Gasteiger partial charge in [0.2, 0.25) is 0 Å². The van der Waals surface area contributed by atoms with Crippen LogP contribution in [0.25, 0.3) is 33.6 Å². The predicted octanol–water partition coefficient (Wildman–Crippen LogP) is 5.79. The molecule has 5 rings (SSSR count). The fourth-order valence-corrected chi connectivity index (χ4v) is 5.06. The number of benzene rings is 2. The van der Waals surface area contributed by atoms with Gasteiger partial charge < -0.3 is 30.7 Å². The molecule has 1 unspecified atom stereocenters. The van der Waals surface area contributed by atoms with Crippen molar-refractivity contribution in [3.8, 4) is 33.6 Å². The smallest absolute Gasteiger partial charge is 0.350 e. The largest absolute Gasteiger partial charge is 0.426 e. The molecule has 0 aliphatic carbocycles. The normalized spacial score (nSPS) is 17.0. The van der Waals surface area contributed by atoms with E-state index in [4.69, 9.17) is 10.6 Å². The summed E-state index contributed by atoms with van der Waals surface area (Å²) < 4.78 is 0. The van der Waals surface area contributed by atoms with Crippen LogP contribution in [0.3, 0.4) is 0 Å². The zero-order valence-electron chi connectivity index (χ0n) is 24.5. The van der Waals surface area contributed by atoms with Gasteiger partial charge in [0.15, 0.2) is 0 Å². The zero-order valence-corrected chi connectivity index (χ0v) is 24.5. The number of imidazole rings is 2. The number of rotatable bonds is 10. The number of nitrogens with one attached hydrogen (secondary N) is 3. The van der Waals surface area contributed by atoms with Crippen LogP contribution in [0.15, 0.2) is 60.9 Å². The van der Waals surface area contributed by atoms with Gasteiger partial charge in [-0.25, -0.2) is 14.8 Å². The molecule has 220 valence electrons. The van der Waals surface area contributed by atoms with Crippen molar-refractivity contribution in [3.05, 3.63) is 72.6 Å². The SMILES string of the molecule is CC(C)C(C=O)NC(=O)ON1CCC[C@H]1c1ncc(-c2ccc(-c3ccc(-c4cnc([C@@H](N)C(C)C)[nH]4)cc3)cc2)[nH]1. The molecular weight excluding hydrogens is 530 g/mol. The second-order valence-electron chi connectivity index (χ2n) is 11.5. The average Bonchev–Trinajstić information content (AvgIpc) is 3.77. The molecule has 5 N–H and O–H groups in total. The van der Waals surface area contributed by atoms with Crippen LogP contribution in [0, 0.1) is 11.8 Å². The van der Waals surface area contributed by atoms with Gasteiger partial charge in [-0.05, 0) is 46.9 Å². The van der Waals surface area contributed by atoms with Crippen LogP contribution in [-0.4, -0.2) is 50.0 Å². The summed E-state index contributed by atoms with van der Waals surface area (Å²) in [5.41, 5.74) is 12.4. The topological polar surface area (TPSA) is 142 Å². The Morgan fingerprint density at radius 3 is 2.07 bits per heavy atom. The number of aromatic nitrogens is 4. The first kappa shape index (κ1) is 29.2. The van der Waals surface area contributed by atoms with E-state index in [0.717, 1.165) is 64.4 Å². The van der Waals surface area contributed by atoms with Gasteiger partial charge in [0.25, 0.3) is 0 Å². The standard InChI is InChI=1S/C32H39N7O3/c1-19(2)27(18-40)38-32(41)42-39-15-5-6-28(39)30-34-16-25(36-30)23-11-7-21(8-12-23)22-9-13-24(14-10-22)26-17-35-31(37-26)29(33)20(3)4/h7-14,16-20,27-29H,5-6,15,33H2,1-4H3,(H,34,36)(H,35,37)(H,38,41)/t27?,28-,29-/m0/s1. The molecule has 1 fully saturated rings. The third-order valence-corrected chi connectivity index (χ3v) is 7.82. The van der Waals surface area contributed by atoms with Gasteiger partial charge in [-0.1, -0.05) is 76.2 Å². The van der Waals surface area contributed by atoms with Gasteiger partial charge in [-0.15, -0.1) is 5.06 Å². The first-order valence-corrected chi connectivity index (χ1v) is 14.5. The third-order valence-electron chi connectivity index (χ3n) is 7.82. The number of nitrogens with zero attached hydrogens (tertiary/aromatic N) is 3. The van der Waals surface area contributed by atoms with E-state index in [1.54, 1.807) is 11.3 Å². The zero-order chi connectivity index (χ0) is 29.8. The Labute approximate surface area is 246 Å². The maximum absolute atomic E-state index is 12.4. The molecule has 1 aliphatic heterocycles. The summed E-state index contributed by atoms with van der Waals surface area (Å²) in [5.74, 6) is 1.82. The van der Waals surface area contributed by atoms with Crippen molar-refractivity contribution in [2.24, 2.45) is 17.6 Å². The fourth-order valence-electron chi connectivity index (χ4n) is 5.06. The molecule has 3 heterocycles. The predicted molar refractivity (Wildman–Crippen MR) is 162 cm³/mol. The van der Waals surface area contributed by atoms with Gasteiger partial charge in [-0.3, -0.25) is 0 Å². The van der Waals surface area contributed by atoms with Crippen molar-refractivity contribution in [1.82, 2.24) is 30.3 Å². The average molecular weight is 570 g/mol. The molecule has 3 atom stereocenters. The lowest BCUT2D eigenvalue weighted by molar-refractivity contribution is -0.119. The Morgan fingerprint density at radius 2 is 1.50 bits per heavy atom. The van der Waals surface area contributed by atoms with E-state index in [1.807, 2.05) is 20.0 Å². The van der Waals surface area contributed by atoms with E-state index >= 15 is 0 Å². The molecule has 2 aromatic carbocycles. The molecular formula is C32H39N7O3. The number of hydrogen-bond acceptors (Lipinski definition) is 7. The van der Waals surface area contributed by atoms with E-state index in [9.17, 15) is 9.59 Å². The highest BCUT2D eigenvalue weighted by Gasteiger charge is 2.32. The van der Waals surface area contributed by atoms with Crippen LogP contribution in [0.4, 0.5) is 4.79 Å². The first-order valence-electron chi connectivity index (χ1n) is 14.5. The van der Waals surface area contributed by atoms with Crippen molar-refractivity contribution < 1.29 is 14.4 Å². The van der Waals surface area contributed by atoms with Gasteiger partial charge in [0.05, 0.1) is 35.9 Å². The number of aldehydes is 1. The van der Waals surface area contributed by atoms with Gasteiger partial charge in [0, 0.05) is 6.54 Å². The summed E-state index contributed by atoms with van der Waals surface area (Å²) in [6.45, 7) is 8.50. The molecule has 0 spiro atoms. The van der Waals surface area contributed by atoms with E-state index < -0.39 is 12.1 Å². The van der Waals surface area contributed by atoms with Crippen LogP contribution >= 0.6 is 0 Å². The number of carbonyl (C=O) groups is 2. The molecule has 10 nitrogen and oxygen atoms in total. The van der Waals surface area contributed by atoms with Crippen molar-refractivity contribution in [1.29, 1.82) is 0 Å². The highest BCUT2D eigenvalue weighted by molar-refractivity contribution is 5.73. The number of amides is 1. The molecule has 0 bridgehead atoms. The lowest BCUT2D eigenvalue weighted by Gasteiger charge is -2.23. The number of nitrogens with two attached hydrogens (primary N) is 1. The van der Waals surface area contributed by atoms with E-state index in [0.29, 0.717) is 12.5 Å². The second kappa shape index (κ2) is 12.7. The van der Waals surface area contributed by atoms with Crippen molar-refractivity contribution in [2.75, 3.05) is 6.54 Å². The minimum Gasteiger partial charge on any atom is -0.350 e. The highest BCUT2D eigenvalue weighted by Crippen LogP contribution is 2.32. The van der Waals surface area contributed by atoms with Gasteiger partial charge >= 0.3 is 6.09 Å². The monoisotopic (exact) mass is 569 g/mol. The summed E-state index contributed by atoms with van der Waals surface area (Å²) in [5, 5.41) is 4.26. The second-order valence-corrected chi connectivity index (χ2v) is 11.5. The van der Waals surface area contributed by atoms with Crippen LogP contribution in [0.5, 0.6) is 0 Å². The van der Waals surface area contributed by atoms with Crippen LogP contribution < -0.4 is 11.1 Å². The molecule has 1 saturated heterocycles. The Balaban J connectivity index is 1.23. The maximum Gasteiger partial charge on any atom is 0.426 e. The number of hydrogen-bond donors (Lipinski definition) is 4. The quantitative estimate of drug-likeness (QED) is 0.177. The number of H-pyrrole nitrogens is 2. The first-order chi connectivity index (χ1) is 20.2. The minimum atomic E-state index is -0.632. The molecule has 1 amide bonds. The summed E-state index contributed by atoms with van der Waals surface area (Å²) >= 11 is 0. The molecule has 0 radical (unpaired) electrons. The van der Waals surface area contributed by atoms with E-state index in [1.165, 1.54) is 0 Å². The summed E-state index contributed by atoms with van der Waals surface area (Å²) in [4.78, 5) is 45.0. The molecule has 4 aromatic rings. The minimum absolute atomic E-state index is 0.0207. The van der Waals surface area contributed by atoms with Crippen molar-refractivity contribution >= 4 is 12.4 Å². The maximum atomic E-state index is 12.4. The summed E-state index contributed by atoms with van der Waals surface area (Å²) in [6, 6.07) is 15.8. The number of carbonyl (C=O) groups excluding carboxylic acids is 2. The lowest BCUT2D eigenvalue weighted by atomic mass is 10.0. The third kappa shape index (κ3) is 6.45. The molecule has 1 aliphatic rings.